The van der Waals surface area contributed by atoms with Crippen LogP contribution in [0.5, 0.6) is 11.5 Å². The predicted molar refractivity (Wildman–Crippen MR) is 121 cm³/mol. The first-order valence-corrected chi connectivity index (χ1v) is 10.8. The van der Waals surface area contributed by atoms with Crippen LogP contribution in [0.1, 0.15) is 50.5 Å². The molecule has 1 amide bonds. The van der Waals surface area contributed by atoms with Gasteiger partial charge in [-0.1, -0.05) is 48.5 Å². The topological polar surface area (TPSA) is 38.8 Å². The van der Waals surface area contributed by atoms with Crippen molar-refractivity contribution in [2.24, 2.45) is 0 Å². The fourth-order valence-electron chi connectivity index (χ4n) is 5.34. The number of fused-ring (bicyclic) bond motifs is 5. The normalized spacial score (nSPS) is 19.3. The summed E-state index contributed by atoms with van der Waals surface area (Å²) in [6.07, 6.45) is 1.84. The molecular formula is C27H27NO3. The zero-order valence-electron chi connectivity index (χ0n) is 18.2. The fourth-order valence-corrected chi connectivity index (χ4v) is 5.34. The summed E-state index contributed by atoms with van der Waals surface area (Å²) in [5.74, 6) is 1.77. The van der Waals surface area contributed by atoms with Gasteiger partial charge in [0.2, 0.25) is 0 Å². The highest BCUT2D eigenvalue weighted by atomic mass is 16.5. The summed E-state index contributed by atoms with van der Waals surface area (Å²) in [6, 6.07) is 20.9. The predicted octanol–water partition coefficient (Wildman–Crippen LogP) is 5.11. The van der Waals surface area contributed by atoms with Gasteiger partial charge in [0.1, 0.15) is 0 Å². The number of amides is 1. The average Bonchev–Trinajstić information content (AvgIpc) is 2.80. The lowest BCUT2D eigenvalue weighted by Gasteiger charge is -2.46. The minimum absolute atomic E-state index is 0.118. The Bertz CT molecular complexity index is 1140. The summed E-state index contributed by atoms with van der Waals surface area (Å²) >= 11 is 0. The van der Waals surface area contributed by atoms with Crippen LogP contribution in [-0.2, 0) is 13.0 Å². The molecule has 5 rings (SSSR count). The minimum Gasteiger partial charge on any atom is -0.493 e. The lowest BCUT2D eigenvalue weighted by molar-refractivity contribution is 0.0585. The highest BCUT2D eigenvalue weighted by molar-refractivity contribution is 5.99. The van der Waals surface area contributed by atoms with E-state index in [1.54, 1.807) is 14.2 Å². The Kier molecular flexibility index (Phi) is 4.93. The third kappa shape index (κ3) is 3.18. The number of ether oxygens (including phenoxy) is 2. The van der Waals surface area contributed by atoms with E-state index in [4.69, 9.17) is 9.47 Å². The second kappa shape index (κ2) is 7.77. The monoisotopic (exact) mass is 413 g/mol. The average molecular weight is 414 g/mol. The standard InChI is InChI=1S/C27H27NO3/c1-17-8-7-11-20-25(17)27(29)28(16-18-9-5-4-6-10-18)22-13-12-19-14-23(30-2)24(31-3)15-21(19)26(20)22/h4-11,14-15,22,26H,12-13,16H2,1-3H3/t22-,26-/m0/s1. The Morgan fingerprint density at radius 2 is 1.68 bits per heavy atom. The number of benzene rings is 3. The molecule has 4 nitrogen and oxygen atoms in total. The van der Waals surface area contributed by atoms with Crippen molar-refractivity contribution in [2.45, 2.75) is 38.3 Å². The van der Waals surface area contributed by atoms with Gasteiger partial charge in [-0.25, -0.2) is 0 Å². The van der Waals surface area contributed by atoms with Gasteiger partial charge in [-0.3, -0.25) is 4.79 Å². The lowest BCUT2D eigenvalue weighted by Crippen LogP contribution is -2.50. The number of aryl methyl sites for hydroxylation is 2. The molecule has 0 saturated carbocycles. The Balaban J connectivity index is 1.68. The van der Waals surface area contributed by atoms with Crippen LogP contribution in [0, 0.1) is 6.92 Å². The maximum atomic E-state index is 13.7. The van der Waals surface area contributed by atoms with E-state index in [-0.39, 0.29) is 17.9 Å². The summed E-state index contributed by atoms with van der Waals surface area (Å²) in [6.45, 7) is 2.66. The van der Waals surface area contributed by atoms with E-state index in [0.717, 1.165) is 46.6 Å². The molecule has 0 unspecified atom stereocenters. The van der Waals surface area contributed by atoms with E-state index in [1.165, 1.54) is 11.1 Å². The van der Waals surface area contributed by atoms with Crippen molar-refractivity contribution in [1.29, 1.82) is 0 Å². The summed E-state index contributed by atoms with van der Waals surface area (Å²) in [5.41, 5.74) is 6.69. The second-order valence-electron chi connectivity index (χ2n) is 8.45. The van der Waals surface area contributed by atoms with Gasteiger partial charge in [-0.05, 0) is 59.7 Å². The molecule has 1 aliphatic carbocycles. The number of carbonyl (C=O) groups is 1. The van der Waals surface area contributed by atoms with Crippen molar-refractivity contribution in [3.05, 3.63) is 94.0 Å². The maximum Gasteiger partial charge on any atom is 0.255 e. The molecule has 1 heterocycles. The fraction of sp³-hybridized carbons (Fsp3) is 0.296. The zero-order chi connectivity index (χ0) is 21.5. The molecule has 1 aliphatic heterocycles. The third-order valence-electron chi connectivity index (χ3n) is 6.79. The van der Waals surface area contributed by atoms with Crippen molar-refractivity contribution in [1.82, 2.24) is 4.90 Å². The Morgan fingerprint density at radius 1 is 0.935 bits per heavy atom. The van der Waals surface area contributed by atoms with Gasteiger partial charge in [0.05, 0.1) is 14.2 Å². The summed E-state index contributed by atoms with van der Waals surface area (Å²) in [4.78, 5) is 15.8. The van der Waals surface area contributed by atoms with Crippen molar-refractivity contribution >= 4 is 5.91 Å². The Hall–Kier alpha value is -3.27. The molecule has 0 saturated heterocycles. The molecule has 0 aromatic heterocycles. The smallest absolute Gasteiger partial charge is 0.255 e. The zero-order valence-corrected chi connectivity index (χ0v) is 18.2. The minimum atomic E-state index is 0.118. The van der Waals surface area contributed by atoms with E-state index in [0.29, 0.717) is 6.54 Å². The largest absolute Gasteiger partial charge is 0.493 e. The molecule has 4 heteroatoms. The van der Waals surface area contributed by atoms with E-state index in [9.17, 15) is 4.79 Å². The number of hydrogen-bond acceptors (Lipinski definition) is 3. The molecule has 0 fully saturated rings. The van der Waals surface area contributed by atoms with Gasteiger partial charge in [0.15, 0.2) is 11.5 Å². The number of rotatable bonds is 4. The number of hydrogen-bond donors (Lipinski definition) is 0. The van der Waals surface area contributed by atoms with E-state index < -0.39 is 0 Å². The lowest BCUT2D eigenvalue weighted by atomic mass is 9.70. The van der Waals surface area contributed by atoms with Crippen molar-refractivity contribution in [2.75, 3.05) is 14.2 Å². The van der Waals surface area contributed by atoms with Gasteiger partial charge in [0.25, 0.3) is 5.91 Å². The van der Waals surface area contributed by atoms with E-state index in [2.05, 4.69) is 41.3 Å². The van der Waals surface area contributed by atoms with Crippen LogP contribution >= 0.6 is 0 Å². The van der Waals surface area contributed by atoms with Gasteiger partial charge in [-0.15, -0.1) is 0 Å². The first-order valence-electron chi connectivity index (χ1n) is 10.8. The molecule has 0 bridgehead atoms. The molecule has 0 radical (unpaired) electrons. The Labute approximate surface area is 183 Å². The first-order chi connectivity index (χ1) is 15.1. The molecule has 0 spiro atoms. The van der Waals surface area contributed by atoms with Crippen LogP contribution < -0.4 is 9.47 Å². The highest BCUT2D eigenvalue weighted by Crippen LogP contribution is 2.48. The molecule has 3 aromatic rings. The first kappa shape index (κ1) is 19.7. The highest BCUT2D eigenvalue weighted by Gasteiger charge is 2.44. The van der Waals surface area contributed by atoms with Crippen LogP contribution in [-0.4, -0.2) is 31.1 Å². The second-order valence-corrected chi connectivity index (χ2v) is 8.45. The SMILES string of the molecule is COc1cc2c(cc1OC)[C@@H]1c3cccc(C)c3C(=O)N(Cc3ccccc3)[C@H]1CC2. The van der Waals surface area contributed by atoms with Crippen LogP contribution in [0.25, 0.3) is 0 Å². The molecule has 3 aromatic carbocycles. The summed E-state index contributed by atoms with van der Waals surface area (Å²) in [7, 11) is 3.35. The van der Waals surface area contributed by atoms with Gasteiger partial charge in [0, 0.05) is 24.1 Å². The molecular weight excluding hydrogens is 386 g/mol. The van der Waals surface area contributed by atoms with Gasteiger partial charge in [-0.2, -0.15) is 0 Å². The van der Waals surface area contributed by atoms with Crippen molar-refractivity contribution in [3.8, 4) is 11.5 Å². The van der Waals surface area contributed by atoms with Crippen LogP contribution in [0.15, 0.2) is 60.7 Å². The number of carbonyl (C=O) groups excluding carboxylic acids is 1. The third-order valence-corrected chi connectivity index (χ3v) is 6.79. The summed E-state index contributed by atoms with van der Waals surface area (Å²) < 4.78 is 11.2. The van der Waals surface area contributed by atoms with Crippen LogP contribution in [0.2, 0.25) is 0 Å². The Morgan fingerprint density at radius 3 is 2.42 bits per heavy atom. The molecule has 0 N–H and O–H groups in total. The molecule has 2 atom stereocenters. The van der Waals surface area contributed by atoms with Gasteiger partial charge < -0.3 is 14.4 Å². The van der Waals surface area contributed by atoms with Crippen LogP contribution in [0.3, 0.4) is 0 Å². The van der Waals surface area contributed by atoms with E-state index >= 15 is 0 Å². The van der Waals surface area contributed by atoms with Crippen molar-refractivity contribution < 1.29 is 14.3 Å². The molecule has 158 valence electrons. The quantitative estimate of drug-likeness (QED) is 0.596. The molecule has 2 aliphatic rings. The number of methoxy groups -OCH3 is 2. The molecule has 31 heavy (non-hydrogen) atoms. The van der Waals surface area contributed by atoms with Crippen molar-refractivity contribution in [3.63, 3.8) is 0 Å². The summed E-state index contributed by atoms with van der Waals surface area (Å²) in [5, 5.41) is 0. The van der Waals surface area contributed by atoms with E-state index in [1.807, 2.05) is 31.2 Å². The number of nitrogens with zero attached hydrogens (tertiary/aromatic N) is 1. The maximum absolute atomic E-state index is 13.7. The van der Waals surface area contributed by atoms with Crippen LogP contribution in [0.4, 0.5) is 0 Å². The van der Waals surface area contributed by atoms with Gasteiger partial charge >= 0.3 is 0 Å².